The first kappa shape index (κ1) is 32.7. The molecule has 1 atom stereocenters. The van der Waals surface area contributed by atoms with Crippen LogP contribution in [0.2, 0.25) is 0 Å². The Morgan fingerprint density at radius 1 is 1.09 bits per heavy atom. The summed E-state index contributed by atoms with van der Waals surface area (Å²) in [7, 11) is 0. The number of halogens is 3. The lowest BCUT2D eigenvalue weighted by Gasteiger charge is -2.20. The van der Waals surface area contributed by atoms with Crippen LogP contribution < -0.4 is 15.0 Å². The van der Waals surface area contributed by atoms with Gasteiger partial charge in [-0.05, 0) is 66.8 Å². The molecule has 1 aromatic heterocycles. The lowest BCUT2D eigenvalue weighted by atomic mass is 9.95. The van der Waals surface area contributed by atoms with Crippen LogP contribution >= 0.6 is 11.8 Å². The molecule has 9 nitrogen and oxygen atoms in total. The van der Waals surface area contributed by atoms with E-state index in [1.54, 1.807) is 4.90 Å². The number of nitrogens with zero attached hydrogens (tertiary/aromatic N) is 5. The fourth-order valence-corrected chi connectivity index (χ4v) is 5.96. The Hall–Kier alpha value is -4.65. The molecule has 2 heterocycles. The molecule has 1 aliphatic heterocycles. The van der Waals surface area contributed by atoms with Crippen molar-refractivity contribution < 1.29 is 27.5 Å². The van der Waals surface area contributed by atoms with Crippen LogP contribution in [0.15, 0.2) is 78.0 Å². The lowest BCUT2D eigenvalue weighted by Crippen LogP contribution is -2.33. The molecule has 3 amide bonds. The van der Waals surface area contributed by atoms with Crippen molar-refractivity contribution >= 4 is 34.6 Å². The molecule has 1 fully saturated rings. The molecule has 0 aliphatic carbocycles. The number of hydrogen-bond acceptors (Lipinski definition) is 6. The van der Waals surface area contributed by atoms with Crippen LogP contribution in [0.4, 0.5) is 23.7 Å². The van der Waals surface area contributed by atoms with Gasteiger partial charge in [-0.3, -0.25) is 9.69 Å². The number of alkyl halides is 3. The molecule has 0 spiro atoms. The average molecular weight is 651 g/mol. The van der Waals surface area contributed by atoms with Gasteiger partial charge in [-0.15, -0.1) is 18.3 Å². The number of benzene rings is 3. The minimum absolute atomic E-state index is 0.0167. The number of hydrogen-bond donors (Lipinski definition) is 1. The standard InChI is InChI=1S/C33H33F3N6O3S/c1-4-6-24-8-7-21(3)17-28(24)42-29(43)19-46-32(42)39-31(44)37-18-22(5-2)23-9-11-25(12-10-23)30-38-20-41(40-30)26-13-15-27(16-14-26)45-33(34,35)36/h7-17,20,22H,4-6,18-19H2,1-3H3,(H,37,44)/b39-32-. The summed E-state index contributed by atoms with van der Waals surface area (Å²) in [5.41, 5.74) is 5.14. The molecular weight excluding hydrogens is 617 g/mol. The maximum atomic E-state index is 12.9. The van der Waals surface area contributed by atoms with Crippen LogP contribution in [0, 0.1) is 6.92 Å². The van der Waals surface area contributed by atoms with Crippen molar-refractivity contribution in [2.75, 3.05) is 17.2 Å². The Bertz CT molecular complexity index is 1720. The lowest BCUT2D eigenvalue weighted by molar-refractivity contribution is -0.274. The number of carbonyl (C=O) groups is 2. The van der Waals surface area contributed by atoms with Crippen LogP contribution in [0.1, 0.15) is 49.3 Å². The molecule has 1 N–H and O–H groups in total. The topological polar surface area (TPSA) is 102 Å². The molecule has 0 saturated carbocycles. The summed E-state index contributed by atoms with van der Waals surface area (Å²) in [4.78, 5) is 35.9. The van der Waals surface area contributed by atoms with Gasteiger partial charge in [-0.2, -0.15) is 4.99 Å². The van der Waals surface area contributed by atoms with Crippen molar-refractivity contribution in [3.8, 4) is 22.8 Å². The highest BCUT2D eigenvalue weighted by molar-refractivity contribution is 8.15. The number of ether oxygens (including phenoxy) is 1. The third-order valence-corrected chi connectivity index (χ3v) is 8.35. The highest BCUT2D eigenvalue weighted by atomic mass is 32.2. The summed E-state index contributed by atoms with van der Waals surface area (Å²) >= 11 is 1.26. The SMILES string of the molecule is CCCc1ccc(C)cc1N1C(=O)CS/C1=N\C(=O)NCC(CC)c1ccc(-c2ncn(-c3ccc(OC(F)(F)F)cc3)n2)cc1. The van der Waals surface area contributed by atoms with E-state index in [4.69, 9.17) is 0 Å². The van der Waals surface area contributed by atoms with Crippen LogP contribution in [-0.2, 0) is 11.2 Å². The average Bonchev–Trinajstić information content (AvgIpc) is 3.65. The van der Waals surface area contributed by atoms with E-state index >= 15 is 0 Å². The van der Waals surface area contributed by atoms with Gasteiger partial charge in [-0.25, -0.2) is 14.5 Å². The van der Waals surface area contributed by atoms with Crippen molar-refractivity contribution in [3.63, 3.8) is 0 Å². The molecule has 4 aromatic rings. The van der Waals surface area contributed by atoms with E-state index in [1.807, 2.05) is 56.3 Å². The Morgan fingerprint density at radius 2 is 1.83 bits per heavy atom. The second-order valence-corrected chi connectivity index (χ2v) is 11.7. The summed E-state index contributed by atoms with van der Waals surface area (Å²) in [6, 6.07) is 18.5. The van der Waals surface area contributed by atoms with E-state index in [0.29, 0.717) is 23.2 Å². The molecular formula is C33H33F3N6O3S. The van der Waals surface area contributed by atoms with Crippen molar-refractivity contribution in [3.05, 3.63) is 89.7 Å². The number of aryl methyl sites for hydroxylation is 2. The van der Waals surface area contributed by atoms with Gasteiger partial charge in [0, 0.05) is 18.0 Å². The van der Waals surface area contributed by atoms with Gasteiger partial charge >= 0.3 is 12.4 Å². The smallest absolute Gasteiger partial charge is 0.406 e. The monoisotopic (exact) mass is 650 g/mol. The molecule has 13 heteroatoms. The zero-order valence-corrected chi connectivity index (χ0v) is 26.4. The Labute approximate surface area is 268 Å². The van der Waals surface area contributed by atoms with Crippen LogP contribution in [0.5, 0.6) is 5.75 Å². The maximum absolute atomic E-state index is 12.9. The fraction of sp³-hybridized carbons (Fsp3) is 0.303. The second kappa shape index (κ2) is 14.2. The summed E-state index contributed by atoms with van der Waals surface area (Å²) in [6.07, 6.45) is -0.769. The molecule has 5 rings (SSSR count). The van der Waals surface area contributed by atoms with E-state index in [-0.39, 0.29) is 23.3 Å². The Morgan fingerprint density at radius 3 is 2.50 bits per heavy atom. The van der Waals surface area contributed by atoms with Crippen molar-refractivity contribution in [1.82, 2.24) is 20.1 Å². The number of anilines is 1. The highest BCUT2D eigenvalue weighted by Crippen LogP contribution is 2.32. The predicted molar refractivity (Wildman–Crippen MR) is 172 cm³/mol. The molecule has 1 unspecified atom stereocenters. The molecule has 1 aliphatic rings. The first-order valence-electron chi connectivity index (χ1n) is 14.8. The van der Waals surface area contributed by atoms with E-state index in [9.17, 15) is 22.8 Å². The highest BCUT2D eigenvalue weighted by Gasteiger charge is 2.32. The number of carbonyl (C=O) groups excluding carboxylic acids is 2. The van der Waals surface area contributed by atoms with E-state index < -0.39 is 12.4 Å². The Kier molecular flexibility index (Phi) is 10.1. The quantitative estimate of drug-likeness (QED) is 0.192. The third-order valence-electron chi connectivity index (χ3n) is 7.42. The number of nitrogens with one attached hydrogen (secondary N) is 1. The zero-order valence-electron chi connectivity index (χ0n) is 25.5. The number of aliphatic imine (C=N–C) groups is 1. The summed E-state index contributed by atoms with van der Waals surface area (Å²) in [5.74, 6) is 0.273. The van der Waals surface area contributed by atoms with Gasteiger partial charge < -0.3 is 10.1 Å². The number of amidine groups is 1. The number of urea groups is 1. The van der Waals surface area contributed by atoms with Gasteiger partial charge in [0.15, 0.2) is 11.0 Å². The molecule has 240 valence electrons. The van der Waals surface area contributed by atoms with Crippen molar-refractivity contribution in [2.45, 2.75) is 52.3 Å². The van der Waals surface area contributed by atoms with Gasteiger partial charge in [0.05, 0.1) is 17.1 Å². The van der Waals surface area contributed by atoms with Crippen LogP contribution in [0.25, 0.3) is 17.1 Å². The minimum Gasteiger partial charge on any atom is -0.406 e. The number of rotatable bonds is 10. The number of amides is 3. The zero-order chi connectivity index (χ0) is 32.8. The summed E-state index contributed by atoms with van der Waals surface area (Å²) in [6.45, 7) is 6.45. The largest absolute Gasteiger partial charge is 0.573 e. The predicted octanol–water partition coefficient (Wildman–Crippen LogP) is 7.43. The summed E-state index contributed by atoms with van der Waals surface area (Å²) in [5, 5.41) is 7.73. The third kappa shape index (κ3) is 7.94. The van der Waals surface area contributed by atoms with Gasteiger partial charge in [0.25, 0.3) is 0 Å². The number of aromatic nitrogens is 3. The molecule has 3 aromatic carbocycles. The first-order chi connectivity index (χ1) is 22.0. The molecule has 1 saturated heterocycles. The molecule has 0 bridgehead atoms. The van der Waals surface area contributed by atoms with E-state index in [0.717, 1.165) is 47.2 Å². The van der Waals surface area contributed by atoms with E-state index in [1.165, 1.54) is 47.0 Å². The normalized spacial score (nSPS) is 15.0. The maximum Gasteiger partial charge on any atom is 0.573 e. The summed E-state index contributed by atoms with van der Waals surface area (Å²) < 4.78 is 42.7. The fourth-order valence-electron chi connectivity index (χ4n) is 5.10. The van der Waals surface area contributed by atoms with Gasteiger partial charge in [0.2, 0.25) is 5.91 Å². The molecule has 0 radical (unpaired) electrons. The number of thioether (sulfide) groups is 1. The second-order valence-electron chi connectivity index (χ2n) is 10.8. The van der Waals surface area contributed by atoms with Crippen LogP contribution in [-0.4, -0.2) is 50.5 Å². The molecule has 46 heavy (non-hydrogen) atoms. The van der Waals surface area contributed by atoms with E-state index in [2.05, 4.69) is 32.1 Å². The van der Waals surface area contributed by atoms with Gasteiger partial charge in [0.1, 0.15) is 12.1 Å². The minimum atomic E-state index is -4.76. The van der Waals surface area contributed by atoms with Crippen LogP contribution in [0.3, 0.4) is 0 Å². The van der Waals surface area contributed by atoms with Crippen molar-refractivity contribution in [2.24, 2.45) is 4.99 Å². The Balaban J connectivity index is 1.22. The first-order valence-corrected chi connectivity index (χ1v) is 15.8. The van der Waals surface area contributed by atoms with Crippen molar-refractivity contribution in [1.29, 1.82) is 0 Å². The van der Waals surface area contributed by atoms with Gasteiger partial charge in [-0.1, -0.05) is 68.4 Å².